The molecule has 0 radical (unpaired) electrons. The molecule has 27 heavy (non-hydrogen) atoms. The van der Waals surface area contributed by atoms with Crippen molar-refractivity contribution in [3.8, 4) is 0 Å². The molecule has 1 saturated heterocycles. The van der Waals surface area contributed by atoms with Gasteiger partial charge in [0.25, 0.3) is 0 Å². The molecular weight excluding hydrogens is 347 g/mol. The number of anilines is 2. The minimum Gasteiger partial charge on any atom is -0.447 e. The second kappa shape index (κ2) is 6.19. The average Bonchev–Trinajstić information content (AvgIpc) is 3.12. The van der Waals surface area contributed by atoms with Crippen LogP contribution in [0.5, 0.6) is 0 Å². The highest BCUT2D eigenvalue weighted by Crippen LogP contribution is 2.33. The zero-order chi connectivity index (χ0) is 18.4. The Morgan fingerprint density at radius 1 is 1.11 bits per heavy atom. The van der Waals surface area contributed by atoms with E-state index in [0.29, 0.717) is 25.1 Å². The van der Waals surface area contributed by atoms with Crippen LogP contribution in [0.4, 0.5) is 20.7 Å². The Morgan fingerprint density at radius 2 is 2.04 bits per heavy atom. The molecular formula is C20H17FN4O2. The summed E-state index contributed by atoms with van der Waals surface area (Å²) in [6.07, 6.45) is 2.00. The summed E-state index contributed by atoms with van der Waals surface area (Å²) in [5, 5.41) is 0.709. The summed E-state index contributed by atoms with van der Waals surface area (Å²) in [6.45, 7) is 2.38. The Morgan fingerprint density at radius 3 is 2.89 bits per heavy atom. The lowest BCUT2D eigenvalue weighted by Gasteiger charge is -2.32. The lowest BCUT2D eigenvalue weighted by molar-refractivity contribution is 0.181. The molecule has 1 amide bonds. The normalized spacial score (nSPS) is 16.6. The molecule has 136 valence electrons. The quantitative estimate of drug-likeness (QED) is 0.698. The number of hydrogen-bond acceptors (Lipinski definition) is 5. The molecule has 3 aromatic rings. The predicted octanol–water partition coefficient (Wildman–Crippen LogP) is 3.29. The van der Waals surface area contributed by atoms with E-state index < -0.39 is 0 Å². The lowest BCUT2D eigenvalue weighted by atomic mass is 9.97. The van der Waals surface area contributed by atoms with Gasteiger partial charge in [-0.15, -0.1) is 0 Å². The number of rotatable bonds is 2. The van der Waals surface area contributed by atoms with Crippen LogP contribution < -0.4 is 9.80 Å². The van der Waals surface area contributed by atoms with Gasteiger partial charge in [-0.2, -0.15) is 0 Å². The van der Waals surface area contributed by atoms with Gasteiger partial charge in [-0.1, -0.05) is 12.1 Å². The zero-order valence-electron chi connectivity index (χ0n) is 14.6. The number of hydrogen-bond donors (Lipinski definition) is 0. The van der Waals surface area contributed by atoms with Crippen LogP contribution in [0.2, 0.25) is 0 Å². The van der Waals surface area contributed by atoms with Crippen LogP contribution in [-0.2, 0) is 17.7 Å². The van der Waals surface area contributed by atoms with E-state index in [1.54, 1.807) is 11.0 Å². The zero-order valence-corrected chi connectivity index (χ0v) is 14.6. The highest BCUT2D eigenvalue weighted by Gasteiger charge is 2.29. The van der Waals surface area contributed by atoms with Crippen LogP contribution in [0, 0.1) is 5.82 Å². The number of fused-ring (bicyclic) bond motifs is 2. The fourth-order valence-corrected chi connectivity index (χ4v) is 3.90. The molecule has 1 fully saturated rings. The van der Waals surface area contributed by atoms with Gasteiger partial charge in [-0.3, -0.25) is 4.90 Å². The minimum absolute atomic E-state index is 0.289. The first-order valence-corrected chi connectivity index (χ1v) is 8.91. The van der Waals surface area contributed by atoms with Gasteiger partial charge in [0.15, 0.2) is 0 Å². The van der Waals surface area contributed by atoms with E-state index in [-0.39, 0.29) is 11.9 Å². The van der Waals surface area contributed by atoms with E-state index in [2.05, 4.69) is 20.9 Å². The molecule has 6 nitrogen and oxygen atoms in total. The number of carbonyl (C=O) groups is 1. The Labute approximate surface area is 155 Å². The van der Waals surface area contributed by atoms with Crippen LogP contribution >= 0.6 is 0 Å². The summed E-state index contributed by atoms with van der Waals surface area (Å²) in [4.78, 5) is 24.5. The fourth-order valence-electron chi connectivity index (χ4n) is 3.90. The van der Waals surface area contributed by atoms with E-state index >= 15 is 0 Å². The van der Waals surface area contributed by atoms with Crippen LogP contribution in [0.25, 0.3) is 10.9 Å². The second-order valence-corrected chi connectivity index (χ2v) is 6.71. The molecule has 0 spiro atoms. The molecule has 0 bridgehead atoms. The third-order valence-electron chi connectivity index (χ3n) is 5.17. The monoisotopic (exact) mass is 364 g/mol. The van der Waals surface area contributed by atoms with Crippen molar-refractivity contribution >= 4 is 28.5 Å². The van der Waals surface area contributed by atoms with E-state index in [1.807, 2.05) is 12.1 Å². The number of ether oxygens (including phenoxy) is 1. The van der Waals surface area contributed by atoms with Gasteiger partial charge in [0, 0.05) is 18.5 Å². The SMILES string of the molecule is O=C1OCCN1c1cccc2c1CCN(c1ncnc3ccc(F)cc13)C2. The molecule has 2 aliphatic heterocycles. The average molecular weight is 364 g/mol. The van der Waals surface area contributed by atoms with Gasteiger partial charge < -0.3 is 9.64 Å². The molecule has 0 aliphatic carbocycles. The number of halogens is 1. The largest absolute Gasteiger partial charge is 0.447 e. The third-order valence-corrected chi connectivity index (χ3v) is 5.17. The molecule has 2 aromatic carbocycles. The number of benzene rings is 2. The molecule has 2 aliphatic rings. The van der Waals surface area contributed by atoms with E-state index in [4.69, 9.17) is 4.74 Å². The topological polar surface area (TPSA) is 58.6 Å². The fraction of sp³-hybridized carbons (Fsp3) is 0.250. The van der Waals surface area contributed by atoms with Crippen molar-refractivity contribution in [3.05, 3.63) is 59.7 Å². The van der Waals surface area contributed by atoms with E-state index in [9.17, 15) is 9.18 Å². The number of nitrogens with zero attached hydrogens (tertiary/aromatic N) is 4. The molecule has 5 rings (SSSR count). The number of cyclic esters (lactones) is 1. The standard InChI is InChI=1S/C20H17FN4O2/c21-14-4-5-17-16(10-14)19(23-12-22-17)24-7-6-15-13(11-24)2-1-3-18(15)25-8-9-27-20(25)26/h1-5,10,12H,6-9,11H2. The number of aromatic nitrogens is 2. The minimum atomic E-state index is -0.300. The van der Waals surface area contributed by atoms with Crippen molar-refractivity contribution in [2.75, 3.05) is 29.5 Å². The second-order valence-electron chi connectivity index (χ2n) is 6.71. The van der Waals surface area contributed by atoms with Crippen molar-refractivity contribution in [2.24, 2.45) is 0 Å². The van der Waals surface area contributed by atoms with Gasteiger partial charge in [0.2, 0.25) is 0 Å². The summed E-state index contributed by atoms with van der Waals surface area (Å²) in [7, 11) is 0. The maximum absolute atomic E-state index is 13.8. The van der Waals surface area contributed by atoms with Crippen LogP contribution in [0.3, 0.4) is 0 Å². The van der Waals surface area contributed by atoms with Crippen LogP contribution in [0.15, 0.2) is 42.7 Å². The lowest BCUT2D eigenvalue weighted by Crippen LogP contribution is -2.33. The Balaban J connectivity index is 1.52. The molecule has 7 heteroatoms. The summed E-state index contributed by atoms with van der Waals surface area (Å²) in [6, 6.07) is 10.6. The van der Waals surface area contributed by atoms with Crippen molar-refractivity contribution in [1.29, 1.82) is 0 Å². The predicted molar refractivity (Wildman–Crippen MR) is 99.4 cm³/mol. The van der Waals surface area contributed by atoms with Gasteiger partial charge in [-0.05, 0) is 41.8 Å². The molecule has 1 aromatic heterocycles. The maximum Gasteiger partial charge on any atom is 0.414 e. The van der Waals surface area contributed by atoms with Gasteiger partial charge in [0.05, 0.1) is 17.7 Å². The van der Waals surface area contributed by atoms with Crippen molar-refractivity contribution in [3.63, 3.8) is 0 Å². The van der Waals surface area contributed by atoms with Crippen LogP contribution in [-0.4, -0.2) is 35.8 Å². The first kappa shape index (κ1) is 16.0. The Hall–Kier alpha value is -3.22. The highest BCUT2D eigenvalue weighted by atomic mass is 19.1. The van der Waals surface area contributed by atoms with E-state index in [0.717, 1.165) is 41.1 Å². The summed E-state index contributed by atoms with van der Waals surface area (Å²) >= 11 is 0. The summed E-state index contributed by atoms with van der Waals surface area (Å²) in [5.41, 5.74) is 3.95. The molecule has 0 saturated carbocycles. The van der Waals surface area contributed by atoms with Gasteiger partial charge >= 0.3 is 6.09 Å². The molecule has 3 heterocycles. The van der Waals surface area contributed by atoms with Crippen molar-refractivity contribution in [1.82, 2.24) is 9.97 Å². The Kier molecular flexibility index (Phi) is 3.67. The molecule has 0 N–H and O–H groups in total. The number of carbonyl (C=O) groups excluding carboxylic acids is 1. The van der Waals surface area contributed by atoms with Crippen molar-refractivity contribution < 1.29 is 13.9 Å². The highest BCUT2D eigenvalue weighted by molar-refractivity contribution is 5.91. The first-order chi connectivity index (χ1) is 13.2. The summed E-state index contributed by atoms with van der Waals surface area (Å²) < 4.78 is 18.8. The van der Waals surface area contributed by atoms with E-state index in [1.165, 1.54) is 18.5 Å². The summed E-state index contributed by atoms with van der Waals surface area (Å²) in [5.74, 6) is 0.432. The smallest absolute Gasteiger partial charge is 0.414 e. The van der Waals surface area contributed by atoms with Gasteiger partial charge in [0.1, 0.15) is 24.6 Å². The van der Waals surface area contributed by atoms with Crippen LogP contribution in [0.1, 0.15) is 11.1 Å². The van der Waals surface area contributed by atoms with Crippen molar-refractivity contribution in [2.45, 2.75) is 13.0 Å². The number of amides is 1. The molecule has 0 unspecified atom stereocenters. The first-order valence-electron chi connectivity index (χ1n) is 8.91. The third kappa shape index (κ3) is 2.66. The maximum atomic E-state index is 13.8. The molecule has 0 atom stereocenters. The Bertz CT molecular complexity index is 1060. The van der Waals surface area contributed by atoms with Gasteiger partial charge in [-0.25, -0.2) is 19.2 Å².